The molecule has 0 radical (unpaired) electrons. The second-order valence-electron chi connectivity index (χ2n) is 9.13. The first kappa shape index (κ1) is 24.9. The molecular formula is C26H24ClF2N7O. The second-order valence-corrected chi connectivity index (χ2v) is 9.48. The third kappa shape index (κ3) is 4.24. The van der Waals surface area contributed by atoms with Gasteiger partial charge in [0.15, 0.2) is 0 Å². The molecule has 0 unspecified atom stereocenters. The number of carbonyl (C=O) groups is 1. The first-order chi connectivity index (χ1) is 17.7. The Labute approximate surface area is 217 Å². The zero-order chi connectivity index (χ0) is 26.4. The topological polar surface area (TPSA) is 91.8 Å². The number of likely N-dealkylation sites (tertiary alicyclic amines) is 1. The summed E-state index contributed by atoms with van der Waals surface area (Å²) in [5.41, 5.74) is 1.18. The first-order valence-electron chi connectivity index (χ1n) is 11.8. The van der Waals surface area contributed by atoms with Crippen LogP contribution in [-0.2, 0) is 7.05 Å². The molecule has 11 heteroatoms. The Morgan fingerprint density at radius 1 is 1.24 bits per heavy atom. The highest BCUT2D eigenvalue weighted by Gasteiger charge is 2.30. The number of nitrogens with one attached hydrogen (secondary N) is 1. The number of nitrogens with zero attached hydrogens (tertiary/aromatic N) is 6. The van der Waals surface area contributed by atoms with Gasteiger partial charge in [-0.25, -0.2) is 13.8 Å². The van der Waals surface area contributed by atoms with Gasteiger partial charge in [-0.1, -0.05) is 11.6 Å². The molecule has 5 rings (SSSR count). The molecule has 1 aliphatic rings. The average molecular weight is 524 g/mol. The van der Waals surface area contributed by atoms with Crippen molar-refractivity contribution in [2.24, 2.45) is 7.05 Å². The van der Waals surface area contributed by atoms with Crippen LogP contribution >= 0.6 is 11.6 Å². The predicted molar refractivity (Wildman–Crippen MR) is 136 cm³/mol. The number of hydrogen-bond donors (Lipinski definition) is 1. The van der Waals surface area contributed by atoms with Gasteiger partial charge in [-0.2, -0.15) is 10.4 Å². The highest BCUT2D eigenvalue weighted by atomic mass is 35.5. The van der Waals surface area contributed by atoms with E-state index in [0.29, 0.717) is 40.4 Å². The van der Waals surface area contributed by atoms with E-state index in [4.69, 9.17) is 16.9 Å². The van der Waals surface area contributed by atoms with E-state index in [1.165, 1.54) is 27.4 Å². The van der Waals surface area contributed by atoms with Crippen LogP contribution in [0.15, 0.2) is 30.3 Å². The number of hydrogen-bond acceptors (Lipinski definition) is 5. The normalized spacial score (nSPS) is 15.8. The van der Waals surface area contributed by atoms with E-state index in [-0.39, 0.29) is 34.7 Å². The average Bonchev–Trinajstić information content (AvgIpc) is 3.38. The van der Waals surface area contributed by atoms with Gasteiger partial charge in [0.1, 0.15) is 34.4 Å². The lowest BCUT2D eigenvalue weighted by Gasteiger charge is -2.32. The molecule has 1 saturated heterocycles. The van der Waals surface area contributed by atoms with Gasteiger partial charge in [0.25, 0.3) is 5.91 Å². The summed E-state index contributed by atoms with van der Waals surface area (Å²) in [7, 11) is 3.51. The number of carbonyl (C=O) groups excluding carboxylic acids is 1. The Morgan fingerprint density at radius 3 is 2.73 bits per heavy atom. The van der Waals surface area contributed by atoms with E-state index in [1.54, 1.807) is 31.0 Å². The summed E-state index contributed by atoms with van der Waals surface area (Å²) >= 11 is 6.39. The van der Waals surface area contributed by atoms with Gasteiger partial charge < -0.3 is 10.2 Å². The van der Waals surface area contributed by atoms with Crippen LogP contribution in [0.4, 0.5) is 8.78 Å². The van der Waals surface area contributed by atoms with Gasteiger partial charge in [-0.05, 0) is 51.1 Å². The summed E-state index contributed by atoms with van der Waals surface area (Å²) in [5, 5.41) is 17.4. The quantitative estimate of drug-likeness (QED) is 0.429. The van der Waals surface area contributed by atoms with Crippen LogP contribution in [0.2, 0.25) is 5.15 Å². The number of likely N-dealkylation sites (N-methyl/N-ethyl adjacent to an activating group) is 1. The van der Waals surface area contributed by atoms with Crippen molar-refractivity contribution < 1.29 is 13.6 Å². The number of aromatic nitrogens is 4. The Morgan fingerprint density at radius 2 is 2.03 bits per heavy atom. The Bertz CT molecular complexity index is 1590. The molecule has 2 aromatic carbocycles. The second kappa shape index (κ2) is 9.57. The van der Waals surface area contributed by atoms with Crippen LogP contribution in [0.5, 0.6) is 0 Å². The van der Waals surface area contributed by atoms with E-state index in [9.17, 15) is 9.18 Å². The standard InChI is InChI=1S/C26H24ClF2N7O/c1-14-23(26(37)35-8-4-5-17(13-35)31-2)32-25(15-6-7-16(12-30)19(28)9-15)36(14)22-10-18-21(11-20(22)29)33-34(3)24(18)27/h6-7,9-11,17,31H,4-5,8,13H2,1-3H3/t17-/m0/s1. The summed E-state index contributed by atoms with van der Waals surface area (Å²) in [6, 6.07) is 8.80. The largest absolute Gasteiger partial charge is 0.336 e. The molecule has 0 bridgehead atoms. The third-order valence-electron chi connectivity index (χ3n) is 6.84. The van der Waals surface area contributed by atoms with Crippen molar-refractivity contribution >= 4 is 28.4 Å². The molecule has 1 fully saturated rings. The van der Waals surface area contributed by atoms with Gasteiger partial charge in [-0.3, -0.25) is 14.0 Å². The Balaban J connectivity index is 1.72. The lowest BCUT2D eigenvalue weighted by atomic mass is 10.1. The molecule has 1 aliphatic heterocycles. The summed E-state index contributed by atoms with van der Waals surface area (Å²) in [6.07, 6.45) is 1.80. The number of imidazole rings is 1. The maximum Gasteiger partial charge on any atom is 0.274 e. The first-order valence-corrected chi connectivity index (χ1v) is 12.2. The smallest absolute Gasteiger partial charge is 0.274 e. The van der Waals surface area contributed by atoms with Crippen LogP contribution in [0.3, 0.4) is 0 Å². The summed E-state index contributed by atoms with van der Waals surface area (Å²) in [6.45, 7) is 2.78. The molecule has 4 aromatic rings. The van der Waals surface area contributed by atoms with Gasteiger partial charge in [0.2, 0.25) is 0 Å². The molecule has 1 amide bonds. The molecule has 1 atom stereocenters. The van der Waals surface area contributed by atoms with E-state index in [0.717, 1.165) is 18.9 Å². The molecule has 0 saturated carbocycles. The molecule has 190 valence electrons. The minimum Gasteiger partial charge on any atom is -0.336 e. The fourth-order valence-electron chi connectivity index (χ4n) is 4.83. The number of nitriles is 1. The monoisotopic (exact) mass is 523 g/mol. The number of aryl methyl sites for hydroxylation is 1. The van der Waals surface area contributed by atoms with Crippen LogP contribution in [0.1, 0.15) is 34.6 Å². The van der Waals surface area contributed by atoms with Crippen LogP contribution in [-0.4, -0.2) is 56.3 Å². The lowest BCUT2D eigenvalue weighted by Crippen LogP contribution is -2.47. The maximum absolute atomic E-state index is 15.5. The zero-order valence-corrected chi connectivity index (χ0v) is 21.3. The molecule has 8 nitrogen and oxygen atoms in total. The third-order valence-corrected chi connectivity index (χ3v) is 7.29. The molecule has 0 spiro atoms. The van der Waals surface area contributed by atoms with Gasteiger partial charge in [0.05, 0.1) is 22.5 Å². The van der Waals surface area contributed by atoms with Crippen molar-refractivity contribution in [2.75, 3.05) is 20.1 Å². The van der Waals surface area contributed by atoms with E-state index in [1.807, 2.05) is 7.05 Å². The van der Waals surface area contributed by atoms with E-state index >= 15 is 4.39 Å². The number of rotatable bonds is 4. The Kier molecular flexibility index (Phi) is 6.43. The number of halogens is 3. The fourth-order valence-corrected chi connectivity index (χ4v) is 5.02. The molecule has 1 N–H and O–H groups in total. The van der Waals surface area contributed by atoms with Crippen molar-refractivity contribution in [2.45, 2.75) is 25.8 Å². The van der Waals surface area contributed by atoms with Crippen LogP contribution < -0.4 is 5.32 Å². The number of amides is 1. The van der Waals surface area contributed by atoms with Crippen molar-refractivity contribution in [3.63, 3.8) is 0 Å². The highest BCUT2D eigenvalue weighted by Crippen LogP contribution is 2.33. The van der Waals surface area contributed by atoms with Crippen molar-refractivity contribution in [3.8, 4) is 23.1 Å². The molecule has 2 aromatic heterocycles. The number of fused-ring (bicyclic) bond motifs is 1. The predicted octanol–water partition coefficient (Wildman–Crippen LogP) is 4.36. The molecule has 0 aliphatic carbocycles. The molecule has 37 heavy (non-hydrogen) atoms. The Hall–Kier alpha value is -3.81. The van der Waals surface area contributed by atoms with Gasteiger partial charge >= 0.3 is 0 Å². The summed E-state index contributed by atoms with van der Waals surface area (Å²) < 4.78 is 33.1. The van der Waals surface area contributed by atoms with Crippen molar-refractivity contribution in [1.29, 1.82) is 5.26 Å². The molecule has 3 heterocycles. The fraction of sp³-hybridized carbons (Fsp3) is 0.308. The summed E-state index contributed by atoms with van der Waals surface area (Å²) in [5.74, 6) is -1.46. The SMILES string of the molecule is CN[C@H]1CCCN(C(=O)c2nc(-c3ccc(C#N)c(F)c3)n(-c3cc4c(Cl)n(C)nc4cc3F)c2C)C1. The minimum absolute atomic E-state index is 0.0953. The molecular weight excluding hydrogens is 500 g/mol. The summed E-state index contributed by atoms with van der Waals surface area (Å²) in [4.78, 5) is 19.9. The van der Waals surface area contributed by atoms with Crippen LogP contribution in [0.25, 0.3) is 28.0 Å². The van der Waals surface area contributed by atoms with E-state index < -0.39 is 11.6 Å². The minimum atomic E-state index is -0.737. The van der Waals surface area contributed by atoms with Crippen molar-refractivity contribution in [3.05, 3.63) is 64.1 Å². The maximum atomic E-state index is 15.5. The number of piperidine rings is 1. The zero-order valence-electron chi connectivity index (χ0n) is 20.5. The van der Waals surface area contributed by atoms with Crippen LogP contribution in [0, 0.1) is 29.9 Å². The van der Waals surface area contributed by atoms with E-state index in [2.05, 4.69) is 15.4 Å². The van der Waals surface area contributed by atoms with Gasteiger partial charge in [-0.15, -0.1) is 0 Å². The highest BCUT2D eigenvalue weighted by molar-refractivity contribution is 6.34. The van der Waals surface area contributed by atoms with Gasteiger partial charge in [0, 0.05) is 43.2 Å². The number of benzene rings is 2. The van der Waals surface area contributed by atoms with Crippen molar-refractivity contribution in [1.82, 2.24) is 29.5 Å². The lowest BCUT2D eigenvalue weighted by molar-refractivity contribution is 0.0692.